The van der Waals surface area contributed by atoms with Crippen LogP contribution in [0.25, 0.3) is 0 Å². The molecule has 0 aromatic heterocycles. The Morgan fingerprint density at radius 2 is 1.03 bits per heavy atom. The fourth-order valence-corrected chi connectivity index (χ4v) is 6.76. The summed E-state index contributed by atoms with van der Waals surface area (Å²) in [5, 5.41) is 49.3. The molecule has 0 unspecified atom stereocenters. The van der Waals surface area contributed by atoms with Gasteiger partial charge >= 0.3 is 0 Å². The van der Waals surface area contributed by atoms with Gasteiger partial charge in [-0.2, -0.15) is 5.26 Å². The van der Waals surface area contributed by atoms with E-state index >= 15 is 0 Å². The van der Waals surface area contributed by atoms with E-state index in [0.717, 1.165) is 19.3 Å². The molecule has 7 N–H and O–H groups in total. The van der Waals surface area contributed by atoms with Crippen LogP contribution >= 0.6 is 0 Å². The molecule has 1 fully saturated rings. The Hall–Kier alpha value is -2.99. The van der Waals surface area contributed by atoms with Gasteiger partial charge in [0.1, 0.15) is 18.2 Å². The molecule has 0 aromatic carbocycles. The number of nitrogens with one attached hydrogen (secondary N) is 4. The highest BCUT2D eigenvalue weighted by Gasteiger charge is 2.45. The van der Waals surface area contributed by atoms with Crippen LogP contribution in [0.4, 0.5) is 0 Å². The Balaban J connectivity index is -0.000000994. The summed E-state index contributed by atoms with van der Waals surface area (Å²) in [6.07, 6.45) is -0.862. The highest BCUT2D eigenvalue weighted by Crippen LogP contribution is 2.26. The molecule has 0 spiro atoms. The van der Waals surface area contributed by atoms with Crippen molar-refractivity contribution in [3.05, 3.63) is 0 Å². The number of nitriles is 1. The molecule has 1 rings (SSSR count). The first-order chi connectivity index (χ1) is 33.1. The predicted octanol–water partition coefficient (Wildman–Crippen LogP) is 7.62. The third-order valence-electron chi connectivity index (χ3n) is 10.5. The van der Waals surface area contributed by atoms with Gasteiger partial charge < -0.3 is 65.0 Å². The molecule has 5 atom stereocenters. The van der Waals surface area contributed by atoms with Crippen molar-refractivity contribution in [3.63, 3.8) is 0 Å². The number of unbranched alkanes of at least 4 members (excludes halogenated alkanes) is 2. The van der Waals surface area contributed by atoms with E-state index in [4.69, 9.17) is 33.7 Å². The highest BCUT2D eigenvalue weighted by atomic mass is 16.7. The van der Waals surface area contributed by atoms with Gasteiger partial charge in [-0.05, 0) is 149 Å². The van der Waals surface area contributed by atoms with Crippen LogP contribution in [-0.4, -0.2) is 143 Å². The summed E-state index contributed by atoms with van der Waals surface area (Å²) in [5.41, 5.74) is -2.22. The first-order valence-electron chi connectivity index (χ1n) is 26.6. The molecule has 1 aliphatic heterocycles. The zero-order valence-electron chi connectivity index (χ0n) is 50.1. The van der Waals surface area contributed by atoms with Crippen LogP contribution in [-0.2, 0) is 47.6 Å². The Labute approximate surface area is 443 Å². The van der Waals surface area contributed by atoms with E-state index in [1.165, 1.54) is 6.92 Å². The molecule has 4 amide bonds. The molecular weight excluding hydrogens is 939 g/mol. The SMILES string of the molecule is CC.CC(=O)N[C@H]1[C@H](OCCCCCNC(=O)C(C)C)O[C@H](O)[C@H](O)[C@@H]1O.CC(C)(C#N)CCC(=O)NCCC(C)(C)OCC(C)(C)OC(C)(C)C.CC(C)C(=O)NCCC(C)(C)OCC(C)(C)OC(C)(C)C. The fraction of sp³-hybridized carbons (Fsp3) is 0.909. The van der Waals surface area contributed by atoms with Crippen molar-refractivity contribution in [1.82, 2.24) is 21.3 Å². The molecule has 18 heteroatoms. The first-order valence-corrected chi connectivity index (χ1v) is 26.6. The third-order valence-corrected chi connectivity index (χ3v) is 10.5. The summed E-state index contributed by atoms with van der Waals surface area (Å²) in [6.45, 7) is 47.9. The molecule has 0 bridgehead atoms. The lowest BCUT2D eigenvalue weighted by Gasteiger charge is -2.40. The zero-order valence-corrected chi connectivity index (χ0v) is 50.1. The smallest absolute Gasteiger partial charge is 0.222 e. The molecular formula is C55H109N5O13. The van der Waals surface area contributed by atoms with Crippen molar-refractivity contribution in [2.24, 2.45) is 17.3 Å². The maximum Gasteiger partial charge on any atom is 0.222 e. The van der Waals surface area contributed by atoms with Crippen molar-refractivity contribution >= 4 is 23.6 Å². The molecule has 1 heterocycles. The third kappa shape index (κ3) is 40.0. The number of carbonyl (C=O) groups excluding carboxylic acids is 4. The van der Waals surface area contributed by atoms with Crippen LogP contribution in [0, 0.1) is 28.6 Å². The lowest BCUT2D eigenvalue weighted by molar-refractivity contribution is -0.315. The number of amides is 4. The molecule has 0 aliphatic carbocycles. The zero-order chi connectivity index (χ0) is 57.8. The van der Waals surface area contributed by atoms with Crippen molar-refractivity contribution < 1.29 is 62.9 Å². The highest BCUT2D eigenvalue weighted by molar-refractivity contribution is 5.78. The van der Waals surface area contributed by atoms with Crippen molar-refractivity contribution in [2.75, 3.05) is 39.5 Å². The minimum atomic E-state index is -1.59. The molecule has 0 aromatic rings. The second-order valence-electron chi connectivity index (χ2n) is 24.3. The van der Waals surface area contributed by atoms with Gasteiger partial charge in [0.2, 0.25) is 23.6 Å². The number of ether oxygens (including phenoxy) is 6. The van der Waals surface area contributed by atoms with Crippen LogP contribution < -0.4 is 21.3 Å². The maximum absolute atomic E-state index is 11.9. The molecule has 1 aliphatic rings. The standard InChI is InChI=1S/C20H38N2O3.C17H35NO3.C16H30N2O7.C2H6/c1-17(2,3)25-20(8,9)15-24-19(6,7)12-13-22-16(23)10-11-18(4,5)14-21;1-13(2)14(19)18-11-10-16(6,7)20-12-17(8,9)21-15(3,4)5;1-9(2)14(22)17-7-5-4-6-8-24-16-11(18-10(3)19)12(20)13(21)15(23)25-16;1-2/h10-13,15H2,1-9H3,(H,22,23);13H,10-12H2,1-9H3,(H,18,19);9,11-13,15-16,20-21,23H,4-8H2,1-3H3,(H,17,22)(H,18,19);1-2H3/t;;11-,12-,13-,15+,16-;/m..1./s1. The number of nitrogens with zero attached hydrogens (tertiary/aromatic N) is 1. The normalized spacial score (nSPS) is 18.7. The largest absolute Gasteiger partial charge is 0.388 e. The van der Waals surface area contributed by atoms with Crippen LogP contribution in [0.15, 0.2) is 0 Å². The molecule has 0 saturated carbocycles. The molecule has 18 nitrogen and oxygen atoms in total. The van der Waals surface area contributed by atoms with Gasteiger partial charge in [-0.15, -0.1) is 0 Å². The average Bonchev–Trinajstić information content (AvgIpc) is 3.23. The van der Waals surface area contributed by atoms with Gasteiger partial charge in [0.25, 0.3) is 0 Å². The first kappa shape index (κ1) is 74.3. The average molecular weight is 1050 g/mol. The molecule has 432 valence electrons. The summed E-state index contributed by atoms with van der Waals surface area (Å²) >= 11 is 0. The summed E-state index contributed by atoms with van der Waals surface area (Å²) in [7, 11) is 0. The Bertz CT molecular complexity index is 1600. The van der Waals surface area contributed by atoms with Crippen LogP contribution in [0.3, 0.4) is 0 Å². The summed E-state index contributed by atoms with van der Waals surface area (Å²) < 4.78 is 34.7. The minimum Gasteiger partial charge on any atom is -0.388 e. The Morgan fingerprint density at radius 1 is 0.603 bits per heavy atom. The van der Waals surface area contributed by atoms with Crippen LogP contribution in [0.5, 0.6) is 0 Å². The molecule has 1 saturated heterocycles. The van der Waals surface area contributed by atoms with Gasteiger partial charge in [0.15, 0.2) is 12.6 Å². The second kappa shape index (κ2) is 34.6. The topological polar surface area (TPSA) is 256 Å². The number of aliphatic hydroxyl groups is 3. The molecule has 0 radical (unpaired) electrons. The van der Waals surface area contributed by atoms with E-state index in [2.05, 4.69) is 27.3 Å². The molecule has 73 heavy (non-hydrogen) atoms. The van der Waals surface area contributed by atoms with E-state index in [9.17, 15) is 34.5 Å². The van der Waals surface area contributed by atoms with Gasteiger partial charge in [-0.3, -0.25) is 19.2 Å². The van der Waals surface area contributed by atoms with Crippen LogP contribution in [0.1, 0.15) is 204 Å². The number of rotatable bonds is 27. The Kier molecular flexibility index (Phi) is 35.2. The maximum atomic E-state index is 11.9. The lowest BCUT2D eigenvalue weighted by Crippen LogP contribution is -2.63. The van der Waals surface area contributed by atoms with Gasteiger partial charge in [0.05, 0.1) is 58.3 Å². The van der Waals surface area contributed by atoms with Crippen LogP contribution in [0.2, 0.25) is 0 Å². The van der Waals surface area contributed by atoms with Crippen molar-refractivity contribution in [3.8, 4) is 6.07 Å². The number of hydrogen-bond donors (Lipinski definition) is 7. The van der Waals surface area contributed by atoms with Gasteiger partial charge in [-0.1, -0.05) is 41.5 Å². The number of aliphatic hydroxyl groups excluding tert-OH is 3. The quantitative estimate of drug-likeness (QED) is 0.0391. The van der Waals surface area contributed by atoms with E-state index < -0.39 is 42.2 Å². The Morgan fingerprint density at radius 3 is 1.42 bits per heavy atom. The monoisotopic (exact) mass is 1050 g/mol. The summed E-state index contributed by atoms with van der Waals surface area (Å²) in [6, 6.07) is 1.24. The second-order valence-corrected chi connectivity index (χ2v) is 24.3. The van der Waals surface area contributed by atoms with E-state index in [1.807, 2.05) is 152 Å². The predicted molar refractivity (Wildman–Crippen MR) is 288 cm³/mol. The van der Waals surface area contributed by atoms with Gasteiger partial charge in [0, 0.05) is 51.4 Å². The van der Waals surface area contributed by atoms with Crippen molar-refractivity contribution in [2.45, 2.75) is 269 Å². The summed E-state index contributed by atoms with van der Waals surface area (Å²) in [5.74, 6) is -0.339. The van der Waals surface area contributed by atoms with E-state index in [-0.39, 0.29) is 69.8 Å². The summed E-state index contributed by atoms with van der Waals surface area (Å²) in [4.78, 5) is 46.0. The number of hydrogen-bond acceptors (Lipinski definition) is 14. The van der Waals surface area contributed by atoms with Gasteiger partial charge in [-0.25, -0.2) is 0 Å². The van der Waals surface area contributed by atoms with E-state index in [0.29, 0.717) is 58.5 Å². The minimum absolute atomic E-state index is 0.0180. The number of carbonyl (C=O) groups is 4. The van der Waals surface area contributed by atoms with E-state index in [1.54, 1.807) is 0 Å². The fourth-order valence-electron chi connectivity index (χ4n) is 6.76. The lowest BCUT2D eigenvalue weighted by atomic mass is 9.90. The van der Waals surface area contributed by atoms with Crippen molar-refractivity contribution in [1.29, 1.82) is 5.26 Å².